The summed E-state index contributed by atoms with van der Waals surface area (Å²) in [4.78, 5) is 12.2. The lowest BCUT2D eigenvalue weighted by Crippen LogP contribution is -2.25. The number of carbonyl (C=O) groups excluding carboxylic acids is 1. The highest BCUT2D eigenvalue weighted by Gasteiger charge is 2.13. The number of hydrogen-bond donors (Lipinski definition) is 2. The van der Waals surface area contributed by atoms with Crippen molar-refractivity contribution in [3.63, 3.8) is 0 Å². The number of fused-ring (bicyclic) bond motifs is 2. The molecule has 1 aliphatic heterocycles. The summed E-state index contributed by atoms with van der Waals surface area (Å²) in [6.45, 7) is 0.924. The third kappa shape index (κ3) is 4.63. The average molecular weight is 461 g/mol. The molecule has 0 fully saturated rings. The fourth-order valence-electron chi connectivity index (χ4n) is 3.72. The Morgan fingerprint density at radius 3 is 2.79 bits per heavy atom. The maximum absolute atomic E-state index is 12.2. The lowest BCUT2D eigenvalue weighted by atomic mass is 10.2. The maximum Gasteiger partial charge on any atom is 0.259 e. The van der Waals surface area contributed by atoms with Crippen molar-refractivity contribution in [3.05, 3.63) is 89.1 Å². The van der Waals surface area contributed by atoms with Crippen LogP contribution >= 0.6 is 11.6 Å². The topological polar surface area (TPSA) is 76.9 Å². The van der Waals surface area contributed by atoms with E-state index in [4.69, 9.17) is 21.1 Å². The summed E-state index contributed by atoms with van der Waals surface area (Å²) in [6.07, 6.45) is 3.67. The van der Waals surface area contributed by atoms with E-state index in [2.05, 4.69) is 26.5 Å². The Morgan fingerprint density at radius 1 is 1.06 bits per heavy atom. The summed E-state index contributed by atoms with van der Waals surface area (Å²) in [6, 6.07) is 21.3. The Balaban J connectivity index is 1.24. The van der Waals surface area contributed by atoms with Gasteiger partial charge in [-0.3, -0.25) is 4.79 Å². The molecule has 166 valence electrons. The number of rotatable bonds is 7. The first-order valence-electron chi connectivity index (χ1n) is 10.4. The summed E-state index contributed by atoms with van der Waals surface area (Å²) < 4.78 is 12.8. The molecule has 5 rings (SSSR count). The van der Waals surface area contributed by atoms with Crippen LogP contribution < -0.4 is 20.2 Å². The van der Waals surface area contributed by atoms with E-state index in [-0.39, 0.29) is 19.2 Å². The number of nitrogens with one attached hydrogen (secondary N) is 2. The van der Waals surface area contributed by atoms with Gasteiger partial charge in [0.2, 0.25) is 6.79 Å². The third-order valence-corrected chi connectivity index (χ3v) is 5.71. The number of aromatic nitrogens is 1. The molecule has 0 spiro atoms. The van der Waals surface area contributed by atoms with Gasteiger partial charge in [-0.2, -0.15) is 5.10 Å². The highest BCUT2D eigenvalue weighted by atomic mass is 35.5. The van der Waals surface area contributed by atoms with E-state index < -0.39 is 0 Å². The fraction of sp³-hybridized carbons (Fsp3) is 0.120. The van der Waals surface area contributed by atoms with Crippen LogP contribution in [0.1, 0.15) is 11.1 Å². The van der Waals surface area contributed by atoms with E-state index >= 15 is 0 Å². The Hall–Kier alpha value is -3.97. The number of carbonyl (C=O) groups is 1. The lowest BCUT2D eigenvalue weighted by molar-refractivity contribution is -0.119. The van der Waals surface area contributed by atoms with Gasteiger partial charge in [-0.05, 0) is 29.8 Å². The van der Waals surface area contributed by atoms with Gasteiger partial charge in [-0.1, -0.05) is 48.0 Å². The van der Waals surface area contributed by atoms with Crippen molar-refractivity contribution in [2.75, 3.05) is 18.7 Å². The molecule has 3 aromatic carbocycles. The average Bonchev–Trinajstić information content (AvgIpc) is 3.44. The van der Waals surface area contributed by atoms with Gasteiger partial charge >= 0.3 is 0 Å². The van der Waals surface area contributed by atoms with Crippen LogP contribution in [0, 0.1) is 0 Å². The monoisotopic (exact) mass is 460 g/mol. The molecule has 2 heterocycles. The first-order chi connectivity index (χ1) is 16.2. The number of nitrogens with zero attached hydrogens (tertiary/aromatic N) is 2. The highest BCUT2D eigenvalue weighted by Crippen LogP contribution is 2.34. The zero-order valence-electron chi connectivity index (χ0n) is 17.6. The van der Waals surface area contributed by atoms with Crippen molar-refractivity contribution in [3.8, 4) is 11.5 Å². The largest absolute Gasteiger partial charge is 0.454 e. The molecule has 7 nitrogen and oxygen atoms in total. The zero-order chi connectivity index (χ0) is 22.6. The maximum atomic E-state index is 12.2. The van der Waals surface area contributed by atoms with Crippen molar-refractivity contribution < 1.29 is 14.3 Å². The Bertz CT molecular complexity index is 1350. The second-order valence-electron chi connectivity index (χ2n) is 7.54. The van der Waals surface area contributed by atoms with E-state index in [1.54, 1.807) is 18.3 Å². The number of ether oxygens (including phenoxy) is 2. The molecule has 0 atom stereocenters. The number of hydrazone groups is 1. The minimum absolute atomic E-state index is 0.0747. The molecule has 8 heteroatoms. The van der Waals surface area contributed by atoms with Gasteiger partial charge in [-0.25, -0.2) is 5.43 Å². The predicted octanol–water partition coefficient (Wildman–Crippen LogP) is 4.63. The van der Waals surface area contributed by atoms with Gasteiger partial charge in [0.15, 0.2) is 11.5 Å². The smallest absolute Gasteiger partial charge is 0.259 e. The number of para-hydroxylation sites is 1. The molecule has 0 bridgehead atoms. The van der Waals surface area contributed by atoms with Gasteiger partial charge < -0.3 is 19.4 Å². The molecule has 33 heavy (non-hydrogen) atoms. The van der Waals surface area contributed by atoms with Crippen molar-refractivity contribution in [1.82, 2.24) is 9.99 Å². The van der Waals surface area contributed by atoms with Crippen LogP contribution in [-0.2, 0) is 11.3 Å². The fourth-order valence-corrected chi connectivity index (χ4v) is 3.92. The molecule has 1 aliphatic rings. The van der Waals surface area contributed by atoms with E-state index in [9.17, 15) is 4.79 Å². The minimum Gasteiger partial charge on any atom is -0.454 e. The zero-order valence-corrected chi connectivity index (χ0v) is 18.4. The predicted molar refractivity (Wildman–Crippen MR) is 129 cm³/mol. The van der Waals surface area contributed by atoms with Crippen LogP contribution in [0.15, 0.2) is 78.0 Å². The molecule has 4 aromatic rings. The van der Waals surface area contributed by atoms with Crippen LogP contribution in [-0.4, -0.2) is 30.0 Å². The second-order valence-corrected chi connectivity index (χ2v) is 7.94. The van der Waals surface area contributed by atoms with Crippen molar-refractivity contribution in [1.29, 1.82) is 0 Å². The molecule has 0 aliphatic carbocycles. The minimum atomic E-state index is -0.260. The van der Waals surface area contributed by atoms with Crippen LogP contribution in [0.4, 0.5) is 5.69 Å². The molecule has 0 unspecified atom stereocenters. The Kier molecular flexibility index (Phi) is 5.87. The summed E-state index contributed by atoms with van der Waals surface area (Å²) in [5.41, 5.74) is 6.34. The van der Waals surface area contributed by atoms with E-state index in [0.29, 0.717) is 18.0 Å². The normalized spacial score (nSPS) is 12.4. The second kappa shape index (κ2) is 9.26. The summed E-state index contributed by atoms with van der Waals surface area (Å²) in [5.74, 6) is 1.10. The lowest BCUT2D eigenvalue weighted by Gasteiger charge is -2.07. The van der Waals surface area contributed by atoms with Gasteiger partial charge in [0.1, 0.15) is 0 Å². The van der Waals surface area contributed by atoms with E-state index in [1.807, 2.05) is 54.7 Å². The first-order valence-corrected chi connectivity index (χ1v) is 10.8. The van der Waals surface area contributed by atoms with Crippen LogP contribution in [0.3, 0.4) is 0 Å². The van der Waals surface area contributed by atoms with E-state index in [1.165, 1.54) is 0 Å². The molecule has 0 saturated carbocycles. The van der Waals surface area contributed by atoms with Crippen molar-refractivity contribution >= 4 is 40.3 Å². The molecule has 0 saturated heterocycles. The van der Waals surface area contributed by atoms with Gasteiger partial charge in [0, 0.05) is 46.0 Å². The standard InChI is InChI=1S/C25H21ClN4O3/c26-21-7-3-1-5-17(21)14-30-15-18(20-6-2-4-8-22(20)30)12-28-29-25(31)13-27-19-9-10-23-24(11-19)33-16-32-23/h1-12,15,27H,13-14,16H2,(H,29,31)/b28-12-. The number of anilines is 1. The summed E-state index contributed by atoms with van der Waals surface area (Å²) in [7, 11) is 0. The molecule has 2 N–H and O–H groups in total. The quantitative estimate of drug-likeness (QED) is 0.311. The number of amides is 1. The number of hydrogen-bond acceptors (Lipinski definition) is 5. The SMILES string of the molecule is O=C(CNc1ccc2c(c1)OCO2)N/N=C\c1cn(Cc2ccccc2Cl)c2ccccc12. The third-order valence-electron chi connectivity index (χ3n) is 5.34. The number of halogens is 1. The van der Waals surface area contributed by atoms with Gasteiger partial charge in [0.25, 0.3) is 5.91 Å². The van der Waals surface area contributed by atoms with Crippen molar-refractivity contribution in [2.24, 2.45) is 5.10 Å². The highest BCUT2D eigenvalue weighted by molar-refractivity contribution is 6.31. The van der Waals surface area contributed by atoms with Crippen molar-refractivity contribution in [2.45, 2.75) is 6.54 Å². The molecular weight excluding hydrogens is 440 g/mol. The van der Waals surface area contributed by atoms with E-state index in [0.717, 1.165) is 32.7 Å². The van der Waals surface area contributed by atoms with Gasteiger partial charge in [-0.15, -0.1) is 0 Å². The summed E-state index contributed by atoms with van der Waals surface area (Å²) in [5, 5.41) is 8.97. The first kappa shape index (κ1) is 20.9. The number of benzene rings is 3. The van der Waals surface area contributed by atoms with Gasteiger partial charge in [0.05, 0.1) is 12.8 Å². The Morgan fingerprint density at radius 2 is 1.88 bits per heavy atom. The molecular formula is C25H21ClN4O3. The Labute approximate surface area is 195 Å². The van der Waals surface area contributed by atoms with Crippen LogP contribution in [0.5, 0.6) is 11.5 Å². The van der Waals surface area contributed by atoms with Crippen LogP contribution in [0.25, 0.3) is 10.9 Å². The molecule has 1 amide bonds. The van der Waals surface area contributed by atoms with Crippen LogP contribution in [0.2, 0.25) is 5.02 Å². The summed E-state index contributed by atoms with van der Waals surface area (Å²) >= 11 is 6.35. The molecule has 1 aromatic heterocycles. The molecule has 0 radical (unpaired) electrons.